The lowest BCUT2D eigenvalue weighted by molar-refractivity contribution is 0.177. The third kappa shape index (κ3) is 2.05. The third-order valence-corrected chi connectivity index (χ3v) is 4.13. The molecular formula is C10H11BrN2O2S. The summed E-state index contributed by atoms with van der Waals surface area (Å²) in [6.07, 6.45) is 0.925. The highest BCUT2D eigenvalue weighted by Crippen LogP contribution is 2.19. The minimum Gasteiger partial charge on any atom is -0.390 e. The zero-order valence-corrected chi connectivity index (χ0v) is 11.1. The molecule has 16 heavy (non-hydrogen) atoms. The third-order valence-electron chi connectivity index (χ3n) is 2.31. The van der Waals surface area contributed by atoms with Crippen LogP contribution in [0, 0.1) is 6.92 Å². The zero-order valence-electron chi connectivity index (χ0n) is 8.68. The van der Waals surface area contributed by atoms with Crippen molar-refractivity contribution >= 4 is 37.5 Å². The molecule has 0 fully saturated rings. The van der Waals surface area contributed by atoms with Crippen molar-refractivity contribution in [2.24, 2.45) is 0 Å². The molecule has 0 aliphatic carbocycles. The van der Waals surface area contributed by atoms with E-state index in [2.05, 4.69) is 20.9 Å². The standard InChI is InChI=1S/C10H11BrN2O2S/c1-6-4-16-9-8(6)12-5-13(10(9)15)3-7(14)2-11/h4-5,7,14H,2-3H2,1H3. The molecule has 86 valence electrons. The largest absolute Gasteiger partial charge is 0.390 e. The van der Waals surface area contributed by atoms with Gasteiger partial charge in [0.15, 0.2) is 0 Å². The SMILES string of the molecule is Cc1csc2c(=O)n(CC(O)CBr)cnc12. The Hall–Kier alpha value is -0.720. The van der Waals surface area contributed by atoms with Crippen molar-refractivity contribution in [1.82, 2.24) is 9.55 Å². The molecule has 2 heterocycles. The molecule has 0 spiro atoms. The van der Waals surface area contributed by atoms with Gasteiger partial charge in [-0.2, -0.15) is 0 Å². The van der Waals surface area contributed by atoms with Crippen molar-refractivity contribution in [3.05, 3.63) is 27.6 Å². The molecule has 6 heteroatoms. The van der Waals surface area contributed by atoms with Crippen LogP contribution in [0.4, 0.5) is 0 Å². The number of fused-ring (bicyclic) bond motifs is 1. The monoisotopic (exact) mass is 302 g/mol. The Morgan fingerprint density at radius 2 is 2.44 bits per heavy atom. The van der Waals surface area contributed by atoms with Crippen molar-refractivity contribution in [2.75, 3.05) is 5.33 Å². The second-order valence-corrected chi connectivity index (χ2v) is 5.13. The van der Waals surface area contributed by atoms with Crippen LogP contribution < -0.4 is 5.56 Å². The lowest BCUT2D eigenvalue weighted by atomic mass is 10.3. The van der Waals surface area contributed by atoms with Crippen molar-refractivity contribution in [3.8, 4) is 0 Å². The molecule has 2 aromatic rings. The van der Waals surface area contributed by atoms with Gasteiger partial charge in [-0.05, 0) is 17.9 Å². The summed E-state index contributed by atoms with van der Waals surface area (Å²) in [4.78, 5) is 16.2. The fourth-order valence-electron chi connectivity index (χ4n) is 1.47. The normalized spacial score (nSPS) is 13.2. The van der Waals surface area contributed by atoms with Gasteiger partial charge >= 0.3 is 0 Å². The number of halogens is 1. The number of thiophene rings is 1. The average molecular weight is 303 g/mol. The first-order chi connectivity index (χ1) is 7.63. The molecule has 0 radical (unpaired) electrons. The van der Waals surface area contributed by atoms with Crippen molar-refractivity contribution in [3.63, 3.8) is 0 Å². The molecule has 0 aliphatic heterocycles. The second kappa shape index (κ2) is 4.65. The summed E-state index contributed by atoms with van der Waals surface area (Å²) in [5.74, 6) is 0. The molecule has 1 N–H and O–H groups in total. The lowest BCUT2D eigenvalue weighted by Gasteiger charge is -2.08. The molecule has 0 amide bonds. The first-order valence-electron chi connectivity index (χ1n) is 4.80. The number of nitrogens with zero attached hydrogens (tertiary/aromatic N) is 2. The number of hydrogen-bond acceptors (Lipinski definition) is 4. The minimum atomic E-state index is -0.571. The summed E-state index contributed by atoms with van der Waals surface area (Å²) in [5, 5.41) is 11.8. The molecule has 0 aliphatic rings. The van der Waals surface area contributed by atoms with Crippen molar-refractivity contribution < 1.29 is 5.11 Å². The number of rotatable bonds is 3. The average Bonchev–Trinajstić information content (AvgIpc) is 2.65. The number of aromatic nitrogens is 2. The Balaban J connectivity index is 2.49. The van der Waals surface area contributed by atoms with E-state index in [1.165, 1.54) is 22.2 Å². The smallest absolute Gasteiger partial charge is 0.271 e. The quantitative estimate of drug-likeness (QED) is 0.875. The van der Waals surface area contributed by atoms with E-state index in [9.17, 15) is 9.90 Å². The molecule has 0 bridgehead atoms. The van der Waals surface area contributed by atoms with E-state index in [4.69, 9.17) is 0 Å². The number of aliphatic hydroxyl groups is 1. The van der Waals surface area contributed by atoms with Crippen LogP contribution in [0.5, 0.6) is 0 Å². The number of aliphatic hydroxyl groups excluding tert-OH is 1. The Labute approximate surface area is 105 Å². The highest BCUT2D eigenvalue weighted by Gasteiger charge is 2.10. The Kier molecular flexibility index (Phi) is 3.41. The number of alkyl halides is 1. The lowest BCUT2D eigenvalue weighted by Crippen LogP contribution is -2.27. The summed E-state index contributed by atoms with van der Waals surface area (Å²) >= 11 is 4.57. The predicted molar refractivity (Wildman–Crippen MR) is 68.4 cm³/mol. The molecule has 0 saturated carbocycles. The Morgan fingerprint density at radius 1 is 1.69 bits per heavy atom. The van der Waals surface area contributed by atoms with Gasteiger partial charge < -0.3 is 5.11 Å². The predicted octanol–water partition coefficient (Wildman–Crippen LogP) is 1.52. The first kappa shape index (κ1) is 11.8. The van der Waals surface area contributed by atoms with Gasteiger partial charge in [0.2, 0.25) is 0 Å². The fourth-order valence-corrected chi connectivity index (χ4v) is 2.62. The summed E-state index contributed by atoms with van der Waals surface area (Å²) in [6.45, 7) is 2.20. The van der Waals surface area contributed by atoms with Gasteiger partial charge in [-0.15, -0.1) is 11.3 Å². The van der Waals surface area contributed by atoms with Crippen LogP contribution in [-0.2, 0) is 6.54 Å². The molecule has 1 unspecified atom stereocenters. The van der Waals surface area contributed by atoms with Gasteiger partial charge in [0.05, 0.1) is 24.5 Å². The summed E-state index contributed by atoms with van der Waals surface area (Å²) in [5.41, 5.74) is 1.70. The molecule has 4 nitrogen and oxygen atoms in total. The molecule has 2 rings (SSSR count). The minimum absolute atomic E-state index is 0.0805. The van der Waals surface area contributed by atoms with Gasteiger partial charge in [-0.3, -0.25) is 9.36 Å². The van der Waals surface area contributed by atoms with E-state index in [1.807, 2.05) is 12.3 Å². The van der Waals surface area contributed by atoms with E-state index in [1.54, 1.807) is 0 Å². The van der Waals surface area contributed by atoms with Crippen LogP contribution in [0.2, 0.25) is 0 Å². The topological polar surface area (TPSA) is 55.1 Å². The van der Waals surface area contributed by atoms with Gasteiger partial charge in [-0.25, -0.2) is 4.98 Å². The van der Waals surface area contributed by atoms with Crippen LogP contribution in [0.25, 0.3) is 10.2 Å². The Morgan fingerprint density at radius 3 is 3.12 bits per heavy atom. The second-order valence-electron chi connectivity index (χ2n) is 3.61. The van der Waals surface area contributed by atoms with Crippen LogP contribution in [-0.4, -0.2) is 26.1 Å². The van der Waals surface area contributed by atoms with Crippen molar-refractivity contribution in [2.45, 2.75) is 19.6 Å². The summed E-state index contributed by atoms with van der Waals surface area (Å²) < 4.78 is 2.10. The van der Waals surface area contributed by atoms with Crippen LogP contribution in [0.3, 0.4) is 0 Å². The number of hydrogen-bond donors (Lipinski definition) is 1. The van der Waals surface area contributed by atoms with Gasteiger partial charge in [0.1, 0.15) is 4.70 Å². The maximum atomic E-state index is 12.0. The van der Waals surface area contributed by atoms with Crippen LogP contribution in [0.1, 0.15) is 5.56 Å². The van der Waals surface area contributed by atoms with Gasteiger partial charge in [-0.1, -0.05) is 15.9 Å². The molecule has 2 aromatic heterocycles. The molecule has 0 aromatic carbocycles. The number of aryl methyl sites for hydroxylation is 1. The summed E-state index contributed by atoms with van der Waals surface area (Å²) in [6, 6.07) is 0. The fraction of sp³-hybridized carbons (Fsp3) is 0.400. The molecule has 0 saturated heterocycles. The van der Waals surface area contributed by atoms with E-state index in [0.29, 0.717) is 10.0 Å². The van der Waals surface area contributed by atoms with Crippen LogP contribution >= 0.6 is 27.3 Å². The van der Waals surface area contributed by atoms with E-state index < -0.39 is 6.10 Å². The maximum Gasteiger partial charge on any atom is 0.271 e. The maximum absolute atomic E-state index is 12.0. The first-order valence-corrected chi connectivity index (χ1v) is 6.81. The highest BCUT2D eigenvalue weighted by molar-refractivity contribution is 9.09. The van der Waals surface area contributed by atoms with E-state index >= 15 is 0 Å². The van der Waals surface area contributed by atoms with Crippen LogP contribution in [0.15, 0.2) is 16.5 Å². The van der Waals surface area contributed by atoms with Gasteiger partial charge in [0.25, 0.3) is 5.56 Å². The molecule has 1 atom stereocenters. The Bertz CT molecular complexity index is 563. The van der Waals surface area contributed by atoms with E-state index in [-0.39, 0.29) is 12.1 Å². The highest BCUT2D eigenvalue weighted by atomic mass is 79.9. The molecular weight excluding hydrogens is 292 g/mol. The zero-order chi connectivity index (χ0) is 11.7. The van der Waals surface area contributed by atoms with Crippen molar-refractivity contribution in [1.29, 1.82) is 0 Å². The summed E-state index contributed by atoms with van der Waals surface area (Å²) in [7, 11) is 0. The van der Waals surface area contributed by atoms with Gasteiger partial charge in [0, 0.05) is 5.33 Å². The van der Waals surface area contributed by atoms with E-state index in [0.717, 1.165) is 11.1 Å².